The Morgan fingerprint density at radius 1 is 1.07 bits per heavy atom. The zero-order valence-electron chi connectivity index (χ0n) is 35.6. The molecule has 17 heteroatoms. The minimum atomic E-state index is -4.15. The van der Waals surface area contributed by atoms with Gasteiger partial charge in [0.2, 0.25) is 17.7 Å². The van der Waals surface area contributed by atoms with Crippen molar-refractivity contribution in [2.24, 2.45) is 11.3 Å². The summed E-state index contributed by atoms with van der Waals surface area (Å²) in [6.45, 7) is 13.3. The van der Waals surface area contributed by atoms with Gasteiger partial charge in [-0.05, 0) is 84.3 Å². The number of hydrogen-bond donors (Lipinski definition) is 2. The molecular formula is C42H59N7O9S. The minimum absolute atomic E-state index is 0.00901. The number of carbonyl (C=O) groups excluding carboxylic acids is 4. The average Bonchev–Trinajstić information content (AvgIpc) is 3.50. The number of alkyl carbamates (subject to hydrolysis) is 1. The molecular weight excluding hydrogens is 779 g/mol. The summed E-state index contributed by atoms with van der Waals surface area (Å²) in [5.74, 6) is -1.42. The summed E-state index contributed by atoms with van der Waals surface area (Å²) in [6.07, 6.45) is 7.27. The first-order chi connectivity index (χ1) is 27.7. The number of para-hydroxylation sites is 1. The van der Waals surface area contributed by atoms with Gasteiger partial charge in [-0.3, -0.25) is 19.0 Å². The van der Waals surface area contributed by atoms with Crippen LogP contribution in [0.2, 0.25) is 0 Å². The van der Waals surface area contributed by atoms with Gasteiger partial charge in [-0.25, -0.2) is 14.5 Å². The van der Waals surface area contributed by atoms with Gasteiger partial charge in [-0.15, -0.1) is 0 Å². The fourth-order valence-electron chi connectivity index (χ4n) is 7.93. The highest BCUT2D eigenvalue weighted by molar-refractivity contribution is 7.87. The Bertz CT molecular complexity index is 2200. The molecule has 322 valence electrons. The highest BCUT2D eigenvalue weighted by Gasteiger charge is 2.61. The van der Waals surface area contributed by atoms with Crippen LogP contribution < -0.4 is 14.8 Å². The Labute approximate surface area is 346 Å². The number of fused-ring (bicyclic) bond motifs is 3. The van der Waals surface area contributed by atoms with E-state index >= 15 is 0 Å². The van der Waals surface area contributed by atoms with E-state index in [4.69, 9.17) is 23.9 Å². The van der Waals surface area contributed by atoms with Crippen molar-refractivity contribution in [2.45, 2.75) is 136 Å². The van der Waals surface area contributed by atoms with Gasteiger partial charge in [-0.2, -0.15) is 17.7 Å². The molecule has 3 aromatic rings. The lowest BCUT2D eigenvalue weighted by atomic mass is 9.91. The summed E-state index contributed by atoms with van der Waals surface area (Å²) in [4.78, 5) is 67.4. The predicted molar refractivity (Wildman–Crippen MR) is 221 cm³/mol. The third kappa shape index (κ3) is 9.66. The minimum Gasteiger partial charge on any atom is -0.459 e. The molecule has 3 amide bonds. The number of allylic oxidation sites excluding steroid dienone is 2. The number of amides is 3. The first kappa shape index (κ1) is 43.8. The van der Waals surface area contributed by atoms with Crippen molar-refractivity contribution in [3.8, 4) is 17.5 Å². The molecule has 5 atom stereocenters. The van der Waals surface area contributed by atoms with Crippen LogP contribution in [0.25, 0.3) is 22.5 Å². The Kier molecular flexibility index (Phi) is 12.7. The van der Waals surface area contributed by atoms with Crippen LogP contribution >= 0.6 is 0 Å². The van der Waals surface area contributed by atoms with Crippen molar-refractivity contribution < 1.29 is 41.5 Å². The zero-order chi connectivity index (χ0) is 43.0. The van der Waals surface area contributed by atoms with Gasteiger partial charge in [0.1, 0.15) is 29.5 Å². The summed E-state index contributed by atoms with van der Waals surface area (Å²) < 4.78 is 48.7. The van der Waals surface area contributed by atoms with Crippen molar-refractivity contribution in [1.82, 2.24) is 33.8 Å². The van der Waals surface area contributed by atoms with Gasteiger partial charge in [0.15, 0.2) is 5.78 Å². The van der Waals surface area contributed by atoms with Crippen LogP contribution in [-0.2, 0) is 29.3 Å². The molecule has 0 unspecified atom stereocenters. The van der Waals surface area contributed by atoms with Gasteiger partial charge >= 0.3 is 16.3 Å². The van der Waals surface area contributed by atoms with E-state index in [1.807, 2.05) is 62.6 Å². The van der Waals surface area contributed by atoms with E-state index in [1.54, 1.807) is 27.0 Å². The monoisotopic (exact) mass is 837 g/mol. The molecule has 2 N–H and O–H groups in total. The number of aromatic nitrogens is 3. The van der Waals surface area contributed by atoms with Crippen molar-refractivity contribution in [3.05, 3.63) is 42.3 Å². The van der Waals surface area contributed by atoms with E-state index in [-0.39, 0.29) is 49.7 Å². The van der Waals surface area contributed by atoms with Gasteiger partial charge in [-0.1, -0.05) is 44.9 Å². The second-order valence-electron chi connectivity index (χ2n) is 17.8. The van der Waals surface area contributed by atoms with Gasteiger partial charge < -0.3 is 24.1 Å². The Morgan fingerprint density at radius 2 is 1.81 bits per heavy atom. The maximum atomic E-state index is 14.7. The smallest absolute Gasteiger partial charge is 0.408 e. The van der Waals surface area contributed by atoms with Crippen LogP contribution in [0, 0.1) is 11.3 Å². The van der Waals surface area contributed by atoms with Crippen LogP contribution in [0.15, 0.2) is 41.0 Å². The molecule has 1 saturated heterocycles. The lowest BCUT2D eigenvalue weighted by Crippen LogP contribution is -2.53. The van der Waals surface area contributed by atoms with Crippen LogP contribution in [0.5, 0.6) is 6.01 Å². The Hall–Kier alpha value is -4.77. The molecule has 1 aliphatic carbocycles. The summed E-state index contributed by atoms with van der Waals surface area (Å²) >= 11 is 0. The normalized spacial score (nSPS) is 25.1. The highest BCUT2D eigenvalue weighted by Crippen LogP contribution is 2.57. The van der Waals surface area contributed by atoms with Crippen molar-refractivity contribution in [3.63, 3.8) is 0 Å². The molecule has 1 saturated carbocycles. The number of ether oxygens (including phenoxy) is 2. The van der Waals surface area contributed by atoms with Gasteiger partial charge in [0, 0.05) is 33.0 Å². The quantitative estimate of drug-likeness (QED) is 0.238. The van der Waals surface area contributed by atoms with E-state index in [0.717, 1.165) is 28.4 Å². The summed E-state index contributed by atoms with van der Waals surface area (Å²) in [5, 5.41) is 2.78. The van der Waals surface area contributed by atoms with E-state index in [1.165, 1.54) is 19.0 Å². The molecule has 0 spiro atoms. The first-order valence-corrected chi connectivity index (χ1v) is 22.0. The molecule has 0 bridgehead atoms. The molecule has 0 radical (unpaired) electrons. The predicted octanol–water partition coefficient (Wildman–Crippen LogP) is 6.05. The third-order valence-electron chi connectivity index (χ3n) is 11.2. The van der Waals surface area contributed by atoms with E-state index < -0.39 is 63.1 Å². The van der Waals surface area contributed by atoms with E-state index in [2.05, 4.69) is 10.0 Å². The number of nitrogens with one attached hydrogen (secondary N) is 2. The number of carbonyl (C=O) groups is 4. The molecule has 2 aromatic heterocycles. The number of rotatable bonds is 9. The standard InChI is InChI=1S/C42H59N7O9S/c1-25(2)31-24-56-36(43-31)29-17-15-19-32-35(29)45-39(49(32)26(3)4)57-28-20-33-34(50)22-42(38(52)46-59(54,55)47(8)9)21-27(42)16-13-11-10-12-14-18-30(37(51)48(33)23-28)44-40(53)58-41(5,6)7/h13,15-17,19,24-28,30,33H,10-12,14,18,20-23H2,1-9H3,(H,44,53)(H,46,52)/b16-13-/t27-,28+,30-,33-,42+/m0/s1. The second-order valence-corrected chi connectivity index (χ2v) is 19.7. The number of hydrogen-bond acceptors (Lipinski definition) is 11. The number of ketones is 1. The summed E-state index contributed by atoms with van der Waals surface area (Å²) in [5.41, 5.74) is 0.760. The molecule has 2 aliphatic heterocycles. The van der Waals surface area contributed by atoms with Crippen LogP contribution in [0.1, 0.15) is 117 Å². The second kappa shape index (κ2) is 17.1. The van der Waals surface area contributed by atoms with Crippen molar-refractivity contribution in [1.29, 1.82) is 0 Å². The third-order valence-corrected chi connectivity index (χ3v) is 12.6. The van der Waals surface area contributed by atoms with Crippen molar-refractivity contribution >= 4 is 44.9 Å². The van der Waals surface area contributed by atoms with Gasteiger partial charge in [0.05, 0.1) is 34.8 Å². The molecule has 2 fully saturated rings. The van der Waals surface area contributed by atoms with Crippen LogP contribution in [0.4, 0.5) is 4.79 Å². The highest BCUT2D eigenvalue weighted by atomic mass is 32.2. The fraction of sp³-hybridized carbons (Fsp3) is 0.619. The largest absolute Gasteiger partial charge is 0.459 e. The van der Waals surface area contributed by atoms with Gasteiger partial charge in [0.25, 0.3) is 6.01 Å². The maximum absolute atomic E-state index is 14.7. The lowest BCUT2D eigenvalue weighted by molar-refractivity contribution is -0.140. The summed E-state index contributed by atoms with van der Waals surface area (Å²) in [6, 6.07) is 3.85. The Balaban J connectivity index is 1.36. The molecule has 59 heavy (non-hydrogen) atoms. The maximum Gasteiger partial charge on any atom is 0.408 e. The van der Waals surface area contributed by atoms with Crippen molar-refractivity contribution in [2.75, 3.05) is 20.6 Å². The SMILES string of the molecule is CC(C)c1coc(-c2cccc3c2nc(O[C@@H]2C[C@H]4C(=O)C[C@]5(C(=O)NS(=O)(=O)N(C)C)C[C@@H]5/C=C\CCCCC[C@H](NC(=O)OC(C)(C)C)C(=O)N4C2)n3C(C)C)n1. The number of imidazole rings is 1. The average molecular weight is 838 g/mol. The number of Topliss-reactive ketones (excluding diaryl/α,β-unsaturated/α-hetero) is 1. The molecule has 6 rings (SSSR count). The molecule has 1 aromatic carbocycles. The van der Waals surface area contributed by atoms with Crippen LogP contribution in [-0.4, -0.2) is 100 Å². The number of benzene rings is 1. The van der Waals surface area contributed by atoms with Crippen LogP contribution in [0.3, 0.4) is 0 Å². The molecule has 4 heterocycles. The molecule has 3 aliphatic rings. The first-order valence-electron chi connectivity index (χ1n) is 20.6. The Morgan fingerprint density at radius 3 is 2.47 bits per heavy atom. The number of oxazole rings is 1. The zero-order valence-corrected chi connectivity index (χ0v) is 36.4. The fourth-order valence-corrected chi connectivity index (χ4v) is 8.55. The topological polar surface area (TPSA) is 195 Å². The molecule has 16 nitrogen and oxygen atoms in total. The lowest BCUT2D eigenvalue weighted by Gasteiger charge is -2.30. The van der Waals surface area contributed by atoms with E-state index in [9.17, 15) is 27.6 Å². The number of nitrogens with zero attached hydrogens (tertiary/aromatic N) is 5. The van der Waals surface area contributed by atoms with E-state index in [0.29, 0.717) is 36.2 Å². The summed E-state index contributed by atoms with van der Waals surface area (Å²) in [7, 11) is -1.52.